The van der Waals surface area contributed by atoms with Crippen molar-refractivity contribution in [2.75, 3.05) is 6.16 Å². The summed E-state index contributed by atoms with van der Waals surface area (Å²) in [6.45, 7) is 0. The molecule has 1 aromatic carbocycles. The SMILES string of the molecule is Clc1ccccc1P1C=CCC1. The van der Waals surface area contributed by atoms with Gasteiger partial charge in [-0.15, -0.1) is 0 Å². The van der Waals surface area contributed by atoms with E-state index in [0.29, 0.717) is 0 Å². The third-order valence-electron chi connectivity index (χ3n) is 1.98. The van der Waals surface area contributed by atoms with E-state index < -0.39 is 0 Å². The highest BCUT2D eigenvalue weighted by Crippen LogP contribution is 2.43. The predicted molar refractivity (Wildman–Crippen MR) is 56.6 cm³/mol. The maximum absolute atomic E-state index is 6.09. The van der Waals surface area contributed by atoms with Crippen LogP contribution in [-0.4, -0.2) is 6.16 Å². The second-order valence-electron chi connectivity index (χ2n) is 2.82. The molecule has 2 rings (SSSR count). The third kappa shape index (κ3) is 1.55. The van der Waals surface area contributed by atoms with Gasteiger partial charge in [0, 0.05) is 5.02 Å². The molecule has 0 radical (unpaired) electrons. The van der Waals surface area contributed by atoms with E-state index in [2.05, 4.69) is 24.0 Å². The lowest BCUT2D eigenvalue weighted by Gasteiger charge is -2.09. The van der Waals surface area contributed by atoms with Crippen LogP contribution in [0.1, 0.15) is 6.42 Å². The van der Waals surface area contributed by atoms with Crippen molar-refractivity contribution in [2.45, 2.75) is 6.42 Å². The molecule has 62 valence electrons. The minimum Gasteiger partial charge on any atom is -0.0836 e. The molecule has 2 heteroatoms. The van der Waals surface area contributed by atoms with Gasteiger partial charge in [0.25, 0.3) is 0 Å². The van der Waals surface area contributed by atoms with Crippen LogP contribution < -0.4 is 5.30 Å². The van der Waals surface area contributed by atoms with Crippen LogP contribution in [0.4, 0.5) is 0 Å². The van der Waals surface area contributed by atoms with Crippen molar-refractivity contribution in [1.82, 2.24) is 0 Å². The molecular weight excluding hydrogens is 187 g/mol. The molecule has 1 aromatic rings. The van der Waals surface area contributed by atoms with Crippen molar-refractivity contribution >= 4 is 24.8 Å². The fourth-order valence-corrected chi connectivity index (χ4v) is 3.84. The highest BCUT2D eigenvalue weighted by Gasteiger charge is 2.12. The maximum Gasteiger partial charge on any atom is 0.0485 e. The normalized spacial score (nSPS) is 21.6. The lowest BCUT2D eigenvalue weighted by atomic mass is 10.4. The Balaban J connectivity index is 2.33. The lowest BCUT2D eigenvalue weighted by molar-refractivity contribution is 1.27. The average Bonchev–Trinajstić information content (AvgIpc) is 2.57. The molecule has 0 spiro atoms. The monoisotopic (exact) mass is 196 g/mol. The van der Waals surface area contributed by atoms with Crippen LogP contribution in [0.25, 0.3) is 0 Å². The molecule has 0 amide bonds. The van der Waals surface area contributed by atoms with E-state index in [1.165, 1.54) is 17.9 Å². The Hall–Kier alpha value is -0.320. The van der Waals surface area contributed by atoms with E-state index in [1.807, 2.05) is 12.1 Å². The van der Waals surface area contributed by atoms with Gasteiger partial charge in [-0.2, -0.15) is 0 Å². The second-order valence-corrected chi connectivity index (χ2v) is 5.39. The van der Waals surface area contributed by atoms with Crippen molar-refractivity contribution in [2.24, 2.45) is 0 Å². The van der Waals surface area contributed by atoms with Crippen molar-refractivity contribution < 1.29 is 0 Å². The van der Waals surface area contributed by atoms with Crippen LogP contribution in [0.3, 0.4) is 0 Å². The van der Waals surface area contributed by atoms with Gasteiger partial charge in [-0.1, -0.05) is 49.6 Å². The summed E-state index contributed by atoms with van der Waals surface area (Å²) in [5, 5.41) is 2.26. The molecule has 1 unspecified atom stereocenters. The minimum atomic E-state index is -0.0736. The number of hydrogen-bond acceptors (Lipinski definition) is 0. The molecule has 1 aliphatic rings. The number of rotatable bonds is 1. The van der Waals surface area contributed by atoms with Crippen LogP contribution in [0.15, 0.2) is 36.2 Å². The first kappa shape index (κ1) is 8.29. The second kappa shape index (κ2) is 3.60. The summed E-state index contributed by atoms with van der Waals surface area (Å²) in [6.07, 6.45) is 4.75. The number of benzene rings is 1. The van der Waals surface area contributed by atoms with Crippen molar-refractivity contribution in [1.29, 1.82) is 0 Å². The Morgan fingerprint density at radius 2 is 2.08 bits per heavy atom. The summed E-state index contributed by atoms with van der Waals surface area (Å²) in [5.74, 6) is 2.32. The summed E-state index contributed by atoms with van der Waals surface area (Å²) in [7, 11) is -0.0736. The fourth-order valence-electron chi connectivity index (χ4n) is 1.38. The molecular formula is C10H10ClP. The Labute approximate surface area is 79.0 Å². The first-order valence-electron chi connectivity index (χ1n) is 4.06. The molecule has 0 bridgehead atoms. The molecule has 0 fully saturated rings. The molecule has 1 atom stereocenters. The van der Waals surface area contributed by atoms with Crippen LogP contribution in [0, 0.1) is 0 Å². The van der Waals surface area contributed by atoms with E-state index in [4.69, 9.17) is 11.6 Å². The van der Waals surface area contributed by atoms with Crippen LogP contribution >= 0.6 is 19.5 Å². The van der Waals surface area contributed by atoms with Gasteiger partial charge in [-0.3, -0.25) is 0 Å². The minimum absolute atomic E-state index is 0.0736. The average molecular weight is 197 g/mol. The van der Waals surface area contributed by atoms with Crippen molar-refractivity contribution in [3.63, 3.8) is 0 Å². The topological polar surface area (TPSA) is 0 Å². The third-order valence-corrected chi connectivity index (χ3v) is 4.76. The fraction of sp³-hybridized carbons (Fsp3) is 0.200. The van der Waals surface area contributed by atoms with Gasteiger partial charge in [-0.25, -0.2) is 0 Å². The molecule has 0 aliphatic carbocycles. The first-order valence-corrected chi connectivity index (χ1v) is 6.03. The Morgan fingerprint density at radius 3 is 2.75 bits per heavy atom. The zero-order chi connectivity index (χ0) is 8.39. The Bertz CT molecular complexity index is 306. The molecule has 0 nitrogen and oxygen atoms in total. The first-order chi connectivity index (χ1) is 5.88. The standard InChI is InChI=1S/C10H10ClP/c11-9-5-1-2-6-10(9)12-7-3-4-8-12/h1-3,5-7H,4,8H2. The summed E-state index contributed by atoms with van der Waals surface area (Å²) < 4.78 is 0. The van der Waals surface area contributed by atoms with E-state index in [1.54, 1.807) is 0 Å². The lowest BCUT2D eigenvalue weighted by Crippen LogP contribution is -2.00. The molecule has 1 heterocycles. The van der Waals surface area contributed by atoms with E-state index in [-0.39, 0.29) is 7.92 Å². The van der Waals surface area contributed by atoms with Crippen LogP contribution in [0.5, 0.6) is 0 Å². The largest absolute Gasteiger partial charge is 0.0836 e. The summed E-state index contributed by atoms with van der Waals surface area (Å²) in [6, 6.07) is 8.17. The maximum atomic E-state index is 6.09. The zero-order valence-electron chi connectivity index (χ0n) is 6.70. The van der Waals surface area contributed by atoms with E-state index in [0.717, 1.165) is 5.02 Å². The summed E-state index contributed by atoms with van der Waals surface area (Å²) in [5.41, 5.74) is 0. The number of hydrogen-bond donors (Lipinski definition) is 0. The van der Waals surface area contributed by atoms with Crippen molar-refractivity contribution in [3.05, 3.63) is 41.2 Å². The predicted octanol–water partition coefficient (Wildman–Crippen LogP) is 3.36. The van der Waals surface area contributed by atoms with Gasteiger partial charge in [0.15, 0.2) is 0 Å². The highest BCUT2D eigenvalue weighted by molar-refractivity contribution is 7.69. The summed E-state index contributed by atoms with van der Waals surface area (Å²) in [4.78, 5) is 0. The van der Waals surface area contributed by atoms with Crippen molar-refractivity contribution in [3.8, 4) is 0 Å². The van der Waals surface area contributed by atoms with E-state index >= 15 is 0 Å². The Morgan fingerprint density at radius 1 is 1.25 bits per heavy atom. The van der Waals surface area contributed by atoms with E-state index in [9.17, 15) is 0 Å². The van der Waals surface area contributed by atoms with Gasteiger partial charge in [-0.05, 0) is 24.0 Å². The molecule has 1 aliphatic heterocycles. The Kier molecular flexibility index (Phi) is 2.48. The molecule has 12 heavy (non-hydrogen) atoms. The van der Waals surface area contributed by atoms with Gasteiger partial charge < -0.3 is 0 Å². The van der Waals surface area contributed by atoms with Crippen LogP contribution in [-0.2, 0) is 0 Å². The molecule has 0 saturated carbocycles. The van der Waals surface area contributed by atoms with Gasteiger partial charge in [0.2, 0.25) is 0 Å². The molecule has 0 aromatic heterocycles. The van der Waals surface area contributed by atoms with Gasteiger partial charge in [0.1, 0.15) is 0 Å². The zero-order valence-corrected chi connectivity index (χ0v) is 8.35. The smallest absolute Gasteiger partial charge is 0.0485 e. The molecule has 0 saturated heterocycles. The number of allylic oxidation sites excluding steroid dienone is 1. The summed E-state index contributed by atoms with van der Waals surface area (Å²) >= 11 is 6.09. The van der Waals surface area contributed by atoms with Gasteiger partial charge >= 0.3 is 0 Å². The quantitative estimate of drug-likeness (QED) is 0.605. The number of halogens is 1. The molecule has 0 N–H and O–H groups in total. The van der Waals surface area contributed by atoms with Gasteiger partial charge in [0.05, 0.1) is 0 Å². The van der Waals surface area contributed by atoms with Crippen LogP contribution in [0.2, 0.25) is 5.02 Å². The highest BCUT2D eigenvalue weighted by atomic mass is 35.5.